The number of amides is 1. The van der Waals surface area contributed by atoms with Crippen molar-refractivity contribution >= 4 is 23.4 Å². The van der Waals surface area contributed by atoms with E-state index < -0.39 is 0 Å². The standard InChI is InChI=1S/C29H29N3O3/c1-31(2)18-22-9-8-21(35-22)10-12-27(33)32-15-13-24-23-5-3-4-6-25(23)30-28(24)29(32)20-7-11-26-19(17-20)14-16-34-26/h3-12,17,24,30H,13-16,18H2,1-2H3/b12-10+. The summed E-state index contributed by atoms with van der Waals surface area (Å²) in [4.78, 5) is 17.5. The second-order valence-corrected chi connectivity index (χ2v) is 9.60. The van der Waals surface area contributed by atoms with Gasteiger partial charge in [0.1, 0.15) is 17.3 Å². The van der Waals surface area contributed by atoms with Crippen molar-refractivity contribution in [3.63, 3.8) is 0 Å². The van der Waals surface area contributed by atoms with Gasteiger partial charge in [-0.25, -0.2) is 0 Å². The molecule has 1 aromatic heterocycles. The third kappa shape index (κ3) is 4.04. The first kappa shape index (κ1) is 21.7. The van der Waals surface area contributed by atoms with E-state index in [4.69, 9.17) is 9.15 Å². The number of allylic oxidation sites excluding steroid dienone is 1. The zero-order valence-electron chi connectivity index (χ0n) is 20.1. The molecule has 1 amide bonds. The predicted octanol–water partition coefficient (Wildman–Crippen LogP) is 5.10. The number of rotatable bonds is 5. The lowest BCUT2D eigenvalue weighted by Gasteiger charge is -2.34. The van der Waals surface area contributed by atoms with Crippen molar-refractivity contribution in [1.82, 2.24) is 9.80 Å². The van der Waals surface area contributed by atoms with Crippen LogP contribution in [0.15, 0.2) is 70.8 Å². The number of para-hydroxylation sites is 1. The normalized spacial score (nSPS) is 18.5. The molecule has 1 unspecified atom stereocenters. The highest BCUT2D eigenvalue weighted by atomic mass is 16.5. The zero-order valence-corrected chi connectivity index (χ0v) is 20.1. The molecule has 35 heavy (non-hydrogen) atoms. The van der Waals surface area contributed by atoms with E-state index in [1.165, 1.54) is 11.1 Å². The zero-order chi connectivity index (χ0) is 23.9. The van der Waals surface area contributed by atoms with Crippen molar-refractivity contribution in [3.8, 4) is 5.75 Å². The lowest BCUT2D eigenvalue weighted by atomic mass is 9.88. The Bertz CT molecular complexity index is 1350. The molecule has 1 N–H and O–H groups in total. The van der Waals surface area contributed by atoms with Crippen molar-refractivity contribution < 1.29 is 13.9 Å². The number of carbonyl (C=O) groups is 1. The van der Waals surface area contributed by atoms with Crippen LogP contribution in [-0.2, 0) is 17.8 Å². The summed E-state index contributed by atoms with van der Waals surface area (Å²) in [6.45, 7) is 2.08. The maximum Gasteiger partial charge on any atom is 0.251 e. The van der Waals surface area contributed by atoms with Crippen LogP contribution in [0.4, 0.5) is 5.69 Å². The molecule has 0 spiro atoms. The fraction of sp³-hybridized carbons (Fsp3) is 0.276. The number of nitrogens with zero attached hydrogens (tertiary/aromatic N) is 2. The Morgan fingerprint density at radius 2 is 2.06 bits per heavy atom. The van der Waals surface area contributed by atoms with Crippen LogP contribution in [0.25, 0.3) is 11.8 Å². The van der Waals surface area contributed by atoms with Gasteiger partial charge in [0.2, 0.25) is 0 Å². The van der Waals surface area contributed by atoms with Crippen LogP contribution >= 0.6 is 0 Å². The smallest absolute Gasteiger partial charge is 0.251 e. The second-order valence-electron chi connectivity index (χ2n) is 9.60. The highest BCUT2D eigenvalue weighted by Crippen LogP contribution is 2.47. The van der Waals surface area contributed by atoms with Gasteiger partial charge >= 0.3 is 0 Å². The summed E-state index contributed by atoms with van der Waals surface area (Å²) < 4.78 is 11.6. The fourth-order valence-electron chi connectivity index (χ4n) is 5.33. The van der Waals surface area contributed by atoms with Crippen LogP contribution in [0.3, 0.4) is 0 Å². The molecule has 3 aliphatic rings. The summed E-state index contributed by atoms with van der Waals surface area (Å²) in [7, 11) is 4.00. The molecule has 0 saturated heterocycles. The number of ether oxygens (including phenoxy) is 1. The van der Waals surface area contributed by atoms with Crippen LogP contribution in [0, 0.1) is 0 Å². The molecule has 3 aromatic rings. The molecule has 1 atom stereocenters. The molecule has 6 heteroatoms. The average molecular weight is 468 g/mol. The Balaban J connectivity index is 1.35. The Labute approximate surface area is 205 Å². The summed E-state index contributed by atoms with van der Waals surface area (Å²) in [5, 5.41) is 3.64. The Hall–Kier alpha value is -3.77. The third-order valence-corrected chi connectivity index (χ3v) is 6.89. The average Bonchev–Trinajstić information content (AvgIpc) is 3.59. The molecule has 0 aliphatic carbocycles. The van der Waals surface area contributed by atoms with E-state index in [1.807, 2.05) is 42.1 Å². The lowest BCUT2D eigenvalue weighted by Crippen LogP contribution is -2.35. The topological polar surface area (TPSA) is 58.0 Å². The van der Waals surface area contributed by atoms with Gasteiger partial charge in [-0.2, -0.15) is 0 Å². The van der Waals surface area contributed by atoms with E-state index in [0.29, 0.717) is 18.9 Å². The minimum absolute atomic E-state index is 0.0500. The predicted molar refractivity (Wildman–Crippen MR) is 137 cm³/mol. The number of furan rings is 1. The summed E-state index contributed by atoms with van der Waals surface area (Å²) in [6.07, 6.45) is 5.16. The summed E-state index contributed by atoms with van der Waals surface area (Å²) in [6, 6.07) is 18.6. The molecular weight excluding hydrogens is 438 g/mol. The summed E-state index contributed by atoms with van der Waals surface area (Å²) >= 11 is 0. The molecule has 0 bridgehead atoms. The first-order valence-electron chi connectivity index (χ1n) is 12.2. The van der Waals surface area contributed by atoms with E-state index in [2.05, 4.69) is 41.7 Å². The fourth-order valence-corrected chi connectivity index (χ4v) is 5.33. The third-order valence-electron chi connectivity index (χ3n) is 6.89. The van der Waals surface area contributed by atoms with Crippen LogP contribution in [0.1, 0.15) is 40.5 Å². The van der Waals surface area contributed by atoms with Gasteiger partial charge in [-0.15, -0.1) is 0 Å². The highest BCUT2D eigenvalue weighted by molar-refractivity contribution is 5.99. The largest absolute Gasteiger partial charge is 0.493 e. The quantitative estimate of drug-likeness (QED) is 0.529. The number of fused-ring (bicyclic) bond motifs is 4. The lowest BCUT2D eigenvalue weighted by molar-refractivity contribution is -0.123. The maximum absolute atomic E-state index is 13.5. The molecule has 3 aliphatic heterocycles. The van der Waals surface area contributed by atoms with Crippen molar-refractivity contribution in [1.29, 1.82) is 0 Å². The number of hydrogen-bond acceptors (Lipinski definition) is 5. The van der Waals surface area contributed by atoms with Crippen molar-refractivity contribution in [2.45, 2.75) is 25.3 Å². The van der Waals surface area contributed by atoms with E-state index in [1.54, 1.807) is 12.2 Å². The molecule has 0 saturated carbocycles. The van der Waals surface area contributed by atoms with Gasteiger partial charge < -0.3 is 24.3 Å². The number of benzene rings is 2. The number of anilines is 1. The Kier molecular flexibility index (Phi) is 5.46. The van der Waals surface area contributed by atoms with Crippen LogP contribution in [-0.4, -0.2) is 43.0 Å². The molecule has 2 aromatic carbocycles. The van der Waals surface area contributed by atoms with Crippen LogP contribution in [0.2, 0.25) is 0 Å². The van der Waals surface area contributed by atoms with E-state index in [-0.39, 0.29) is 11.8 Å². The van der Waals surface area contributed by atoms with Crippen LogP contribution < -0.4 is 10.1 Å². The Morgan fingerprint density at radius 1 is 1.17 bits per heavy atom. The maximum atomic E-state index is 13.5. The summed E-state index contributed by atoms with van der Waals surface area (Å²) in [5.41, 5.74) is 6.72. The van der Waals surface area contributed by atoms with Crippen LogP contribution in [0.5, 0.6) is 5.75 Å². The Morgan fingerprint density at radius 3 is 2.94 bits per heavy atom. The van der Waals surface area contributed by atoms with Gasteiger partial charge in [0.15, 0.2) is 0 Å². The summed E-state index contributed by atoms with van der Waals surface area (Å²) in [5.74, 6) is 2.71. The minimum Gasteiger partial charge on any atom is -0.493 e. The van der Waals surface area contributed by atoms with Crippen molar-refractivity contribution in [2.24, 2.45) is 0 Å². The van der Waals surface area contributed by atoms with E-state index in [9.17, 15) is 4.79 Å². The molecule has 6 rings (SSSR count). The van der Waals surface area contributed by atoms with E-state index in [0.717, 1.165) is 53.5 Å². The number of nitrogens with one attached hydrogen (secondary N) is 1. The van der Waals surface area contributed by atoms with Gasteiger partial charge in [0.25, 0.3) is 5.91 Å². The second kappa shape index (κ2) is 8.78. The molecule has 4 heterocycles. The molecule has 6 nitrogen and oxygen atoms in total. The number of hydrogen-bond donors (Lipinski definition) is 1. The van der Waals surface area contributed by atoms with E-state index >= 15 is 0 Å². The first-order chi connectivity index (χ1) is 17.1. The molecule has 0 fully saturated rings. The monoisotopic (exact) mass is 467 g/mol. The van der Waals surface area contributed by atoms with Crippen molar-refractivity contribution in [3.05, 3.63) is 94.6 Å². The highest BCUT2D eigenvalue weighted by Gasteiger charge is 2.37. The van der Waals surface area contributed by atoms with Gasteiger partial charge in [-0.3, -0.25) is 4.79 Å². The van der Waals surface area contributed by atoms with Gasteiger partial charge in [-0.05, 0) is 74.1 Å². The molecular formula is C29H29N3O3. The minimum atomic E-state index is -0.0500. The van der Waals surface area contributed by atoms with Gasteiger partial charge in [-0.1, -0.05) is 18.2 Å². The number of carbonyl (C=O) groups excluding carboxylic acids is 1. The first-order valence-corrected chi connectivity index (χ1v) is 12.2. The van der Waals surface area contributed by atoms with Gasteiger partial charge in [0, 0.05) is 41.9 Å². The van der Waals surface area contributed by atoms with Gasteiger partial charge in [0.05, 0.1) is 18.8 Å². The molecule has 178 valence electrons. The molecule has 0 radical (unpaired) electrons. The SMILES string of the molecule is CN(C)Cc1ccc(/C=C/C(=O)N2CCC3C(=C2c2ccc4c(c2)CCO4)Nc2ccccc23)o1. The van der Waals surface area contributed by atoms with Crippen molar-refractivity contribution in [2.75, 3.05) is 32.6 Å².